The lowest BCUT2D eigenvalue weighted by atomic mass is 10.2. The molecule has 0 fully saturated rings. The van der Waals surface area contributed by atoms with Crippen LogP contribution in [0, 0.1) is 0 Å². The van der Waals surface area contributed by atoms with Crippen LogP contribution < -0.4 is 15.4 Å². The van der Waals surface area contributed by atoms with E-state index in [1.54, 1.807) is 36.4 Å². The Balaban J connectivity index is 1.96. The number of sulfonamides is 1. The fourth-order valence-electron chi connectivity index (χ4n) is 2.26. The summed E-state index contributed by atoms with van der Waals surface area (Å²) in [5.41, 5.74) is 1.00. The van der Waals surface area contributed by atoms with Gasteiger partial charge in [0.2, 0.25) is 10.0 Å². The molecule has 1 unspecified atom stereocenters. The van der Waals surface area contributed by atoms with Crippen molar-refractivity contribution in [3.8, 4) is 5.75 Å². The van der Waals surface area contributed by atoms with Crippen LogP contribution in [0.5, 0.6) is 5.75 Å². The molecule has 2 aromatic carbocycles. The molecule has 0 aliphatic carbocycles. The van der Waals surface area contributed by atoms with E-state index in [0.717, 1.165) is 10.7 Å². The van der Waals surface area contributed by atoms with Crippen molar-refractivity contribution in [3.63, 3.8) is 0 Å². The third kappa shape index (κ3) is 6.25. The standard InChI is InChI=1S/C20H25N3O4S2/c1-5-14(2)27-17-10-6-15(7-11-17)19(24)22-20(28)21-16-8-12-18(13-9-16)29(25,26)23(3)4/h6-14H,5H2,1-4H3,(H2,21,22,24,28). The molecule has 0 aliphatic heterocycles. The van der Waals surface area contributed by atoms with Crippen LogP contribution in [0.15, 0.2) is 53.4 Å². The predicted molar refractivity (Wildman–Crippen MR) is 118 cm³/mol. The van der Waals surface area contributed by atoms with E-state index in [1.807, 2.05) is 13.8 Å². The molecular formula is C20H25N3O4S2. The quantitative estimate of drug-likeness (QED) is 0.649. The van der Waals surface area contributed by atoms with E-state index in [2.05, 4.69) is 10.6 Å². The van der Waals surface area contributed by atoms with Crippen LogP contribution in [0.3, 0.4) is 0 Å². The van der Waals surface area contributed by atoms with Crippen molar-refractivity contribution < 1.29 is 17.9 Å². The molecule has 29 heavy (non-hydrogen) atoms. The molecule has 0 saturated carbocycles. The summed E-state index contributed by atoms with van der Waals surface area (Å²) in [7, 11) is -0.563. The highest BCUT2D eigenvalue weighted by atomic mass is 32.2. The Hall–Kier alpha value is -2.49. The number of anilines is 1. The minimum atomic E-state index is -3.50. The van der Waals surface area contributed by atoms with Gasteiger partial charge in [-0.1, -0.05) is 6.92 Å². The maximum atomic E-state index is 12.3. The van der Waals surface area contributed by atoms with Gasteiger partial charge in [-0.05, 0) is 74.1 Å². The van der Waals surface area contributed by atoms with Crippen molar-refractivity contribution in [1.29, 1.82) is 0 Å². The molecular weight excluding hydrogens is 410 g/mol. The number of hydrogen-bond donors (Lipinski definition) is 2. The number of nitrogens with zero attached hydrogens (tertiary/aromatic N) is 1. The van der Waals surface area contributed by atoms with Gasteiger partial charge in [0.1, 0.15) is 5.75 Å². The number of nitrogens with one attached hydrogen (secondary N) is 2. The van der Waals surface area contributed by atoms with Crippen molar-refractivity contribution >= 4 is 38.9 Å². The molecule has 2 rings (SSSR count). The summed E-state index contributed by atoms with van der Waals surface area (Å²) in [6.07, 6.45) is 0.995. The highest BCUT2D eigenvalue weighted by molar-refractivity contribution is 7.89. The Morgan fingerprint density at radius 1 is 1.10 bits per heavy atom. The topological polar surface area (TPSA) is 87.7 Å². The smallest absolute Gasteiger partial charge is 0.257 e. The second-order valence-electron chi connectivity index (χ2n) is 6.58. The summed E-state index contributed by atoms with van der Waals surface area (Å²) in [5, 5.41) is 5.56. The number of ether oxygens (including phenoxy) is 1. The molecule has 2 aromatic rings. The number of amides is 1. The molecule has 0 radical (unpaired) electrons. The zero-order chi connectivity index (χ0) is 21.6. The normalized spacial score (nSPS) is 12.3. The Morgan fingerprint density at radius 3 is 2.21 bits per heavy atom. The largest absolute Gasteiger partial charge is 0.491 e. The fraction of sp³-hybridized carbons (Fsp3) is 0.300. The first kappa shape index (κ1) is 22.8. The van der Waals surface area contributed by atoms with Crippen molar-refractivity contribution in [1.82, 2.24) is 9.62 Å². The van der Waals surface area contributed by atoms with Gasteiger partial charge in [0.25, 0.3) is 5.91 Å². The monoisotopic (exact) mass is 435 g/mol. The number of rotatable bonds is 7. The SMILES string of the molecule is CCC(C)Oc1ccc(C(=O)NC(=S)Nc2ccc(S(=O)(=O)N(C)C)cc2)cc1. The lowest BCUT2D eigenvalue weighted by molar-refractivity contribution is 0.0977. The molecule has 1 amide bonds. The molecule has 156 valence electrons. The maximum Gasteiger partial charge on any atom is 0.257 e. The van der Waals surface area contributed by atoms with Crippen LogP contribution in [0.25, 0.3) is 0 Å². The van der Waals surface area contributed by atoms with Crippen molar-refractivity contribution in [2.45, 2.75) is 31.3 Å². The van der Waals surface area contributed by atoms with Crippen LogP contribution in [-0.4, -0.2) is 43.9 Å². The van der Waals surface area contributed by atoms with E-state index < -0.39 is 10.0 Å². The van der Waals surface area contributed by atoms with E-state index in [9.17, 15) is 13.2 Å². The van der Waals surface area contributed by atoms with Crippen molar-refractivity contribution in [2.75, 3.05) is 19.4 Å². The minimum Gasteiger partial charge on any atom is -0.491 e. The van der Waals surface area contributed by atoms with Gasteiger partial charge < -0.3 is 10.1 Å². The zero-order valence-electron chi connectivity index (χ0n) is 16.8. The van der Waals surface area contributed by atoms with Crippen LogP contribution in [0.2, 0.25) is 0 Å². The first-order valence-corrected chi connectivity index (χ1v) is 10.9. The summed E-state index contributed by atoms with van der Waals surface area (Å²) < 4.78 is 31.0. The molecule has 9 heteroatoms. The van der Waals surface area contributed by atoms with E-state index in [-0.39, 0.29) is 22.0 Å². The molecule has 0 heterocycles. The van der Waals surface area contributed by atoms with E-state index in [4.69, 9.17) is 17.0 Å². The summed E-state index contributed by atoms with van der Waals surface area (Å²) in [4.78, 5) is 12.5. The average molecular weight is 436 g/mol. The lowest BCUT2D eigenvalue weighted by Gasteiger charge is -2.14. The minimum absolute atomic E-state index is 0.102. The average Bonchev–Trinajstić information content (AvgIpc) is 2.68. The van der Waals surface area contributed by atoms with E-state index in [1.165, 1.54) is 26.2 Å². The van der Waals surface area contributed by atoms with Crippen LogP contribution in [0.1, 0.15) is 30.6 Å². The number of carbonyl (C=O) groups excluding carboxylic acids is 1. The van der Waals surface area contributed by atoms with Gasteiger partial charge in [0.15, 0.2) is 5.11 Å². The molecule has 0 spiro atoms. The van der Waals surface area contributed by atoms with Crippen LogP contribution >= 0.6 is 12.2 Å². The summed E-state index contributed by atoms with van der Waals surface area (Å²) >= 11 is 5.16. The van der Waals surface area contributed by atoms with Gasteiger partial charge in [0.05, 0.1) is 11.0 Å². The van der Waals surface area contributed by atoms with E-state index in [0.29, 0.717) is 17.0 Å². The second kappa shape index (κ2) is 9.82. The molecule has 0 saturated heterocycles. The summed E-state index contributed by atoms with van der Waals surface area (Å²) in [5.74, 6) is 0.341. The van der Waals surface area contributed by atoms with Gasteiger partial charge in [-0.15, -0.1) is 0 Å². The number of benzene rings is 2. The molecule has 7 nitrogen and oxygen atoms in total. The fourth-order valence-corrected chi connectivity index (χ4v) is 3.37. The first-order chi connectivity index (χ1) is 13.6. The summed E-state index contributed by atoms with van der Waals surface area (Å²) in [6, 6.07) is 12.9. The number of thiocarbonyl (C=S) groups is 1. The Labute approximate surface area is 177 Å². The molecule has 0 aliphatic rings. The number of carbonyl (C=O) groups is 1. The highest BCUT2D eigenvalue weighted by Gasteiger charge is 2.16. The molecule has 0 bridgehead atoms. The predicted octanol–water partition coefficient (Wildman–Crippen LogP) is 3.24. The lowest BCUT2D eigenvalue weighted by Crippen LogP contribution is -2.34. The van der Waals surface area contributed by atoms with Crippen molar-refractivity contribution in [2.24, 2.45) is 0 Å². The zero-order valence-corrected chi connectivity index (χ0v) is 18.4. The Morgan fingerprint density at radius 2 is 1.69 bits per heavy atom. The Bertz CT molecular complexity index is 956. The van der Waals surface area contributed by atoms with Gasteiger partial charge in [-0.2, -0.15) is 0 Å². The third-order valence-electron chi connectivity index (χ3n) is 4.15. The number of hydrogen-bond acceptors (Lipinski definition) is 5. The van der Waals surface area contributed by atoms with Gasteiger partial charge >= 0.3 is 0 Å². The molecule has 1 atom stereocenters. The molecule has 2 N–H and O–H groups in total. The van der Waals surface area contributed by atoms with Crippen molar-refractivity contribution in [3.05, 3.63) is 54.1 Å². The summed E-state index contributed by atoms with van der Waals surface area (Å²) in [6.45, 7) is 4.02. The van der Waals surface area contributed by atoms with E-state index >= 15 is 0 Å². The van der Waals surface area contributed by atoms with Gasteiger partial charge in [-0.25, -0.2) is 12.7 Å². The molecule has 0 aromatic heterocycles. The van der Waals surface area contributed by atoms with Crippen LogP contribution in [0.4, 0.5) is 5.69 Å². The maximum absolute atomic E-state index is 12.3. The Kier molecular flexibility index (Phi) is 7.72. The first-order valence-electron chi connectivity index (χ1n) is 9.05. The highest BCUT2D eigenvalue weighted by Crippen LogP contribution is 2.17. The van der Waals surface area contributed by atoms with Gasteiger partial charge in [0, 0.05) is 25.3 Å². The third-order valence-corrected chi connectivity index (χ3v) is 6.18. The second-order valence-corrected chi connectivity index (χ2v) is 9.14. The van der Waals surface area contributed by atoms with Gasteiger partial charge in [-0.3, -0.25) is 10.1 Å². The van der Waals surface area contributed by atoms with Crippen LogP contribution in [-0.2, 0) is 10.0 Å².